The molecule has 0 atom stereocenters. The predicted octanol–water partition coefficient (Wildman–Crippen LogP) is 3.69. The first-order chi connectivity index (χ1) is 16.1. The molecule has 4 N–H and O–H groups in total. The van der Waals surface area contributed by atoms with E-state index in [0.717, 1.165) is 59.8 Å². The zero-order valence-corrected chi connectivity index (χ0v) is 19.9. The summed E-state index contributed by atoms with van der Waals surface area (Å²) in [5.41, 5.74) is 3.18. The third kappa shape index (κ3) is 5.69. The molecule has 0 bridgehead atoms. The molecule has 10 heteroatoms. The average molecular weight is 511 g/mol. The Labute approximate surface area is 200 Å². The van der Waals surface area contributed by atoms with Crippen molar-refractivity contribution in [3.63, 3.8) is 0 Å². The largest absolute Gasteiger partial charge is 0.340 e. The molecule has 9 nitrogen and oxygen atoms in total. The number of benzene rings is 1. The molecule has 1 saturated carbocycles. The molecule has 2 fully saturated rings. The fourth-order valence-electron chi connectivity index (χ4n) is 3.85. The molecule has 0 radical (unpaired) electrons. The number of hydrogen-bond donors (Lipinski definition) is 4. The summed E-state index contributed by atoms with van der Waals surface area (Å²) in [7, 11) is 0. The molecule has 1 aromatic carbocycles. The molecule has 1 saturated heterocycles. The maximum Gasteiger partial charge on any atom is 0.229 e. The third-order valence-corrected chi connectivity index (χ3v) is 6.49. The lowest BCUT2D eigenvalue weighted by molar-refractivity contribution is -0.131. The van der Waals surface area contributed by atoms with Crippen LogP contribution in [-0.4, -0.2) is 57.2 Å². The van der Waals surface area contributed by atoms with Crippen LogP contribution in [-0.2, 0) is 11.2 Å². The molecule has 33 heavy (non-hydrogen) atoms. The van der Waals surface area contributed by atoms with Crippen molar-refractivity contribution in [2.75, 3.05) is 36.8 Å². The van der Waals surface area contributed by atoms with E-state index in [0.29, 0.717) is 24.1 Å². The molecule has 1 aliphatic heterocycles. The van der Waals surface area contributed by atoms with Crippen LogP contribution in [0, 0.1) is 0 Å². The number of anilines is 4. The molecule has 3 heterocycles. The maximum absolute atomic E-state index is 12.4. The molecule has 1 aliphatic carbocycles. The Morgan fingerprint density at radius 1 is 1.15 bits per heavy atom. The van der Waals surface area contributed by atoms with E-state index in [1.807, 2.05) is 35.2 Å². The van der Waals surface area contributed by atoms with Gasteiger partial charge < -0.3 is 20.9 Å². The number of nitrogens with one attached hydrogen (secondary N) is 4. The predicted molar refractivity (Wildman–Crippen MR) is 131 cm³/mol. The molecular weight excluding hydrogens is 484 g/mol. The normalized spacial score (nSPS) is 16.0. The van der Waals surface area contributed by atoms with Gasteiger partial charge in [0.15, 0.2) is 11.6 Å². The summed E-state index contributed by atoms with van der Waals surface area (Å²) >= 11 is 3.50. The summed E-state index contributed by atoms with van der Waals surface area (Å²) in [5, 5.41) is 17.2. The van der Waals surface area contributed by atoms with Gasteiger partial charge in [0.2, 0.25) is 11.9 Å². The summed E-state index contributed by atoms with van der Waals surface area (Å²) in [6.07, 6.45) is 5.42. The molecule has 172 valence electrons. The topological polar surface area (TPSA) is 111 Å². The van der Waals surface area contributed by atoms with E-state index in [1.54, 1.807) is 6.20 Å². The molecule has 2 aromatic heterocycles. The van der Waals surface area contributed by atoms with Crippen LogP contribution in [0.3, 0.4) is 0 Å². The van der Waals surface area contributed by atoms with Gasteiger partial charge in [0.1, 0.15) is 0 Å². The second kappa shape index (κ2) is 9.88. The lowest BCUT2D eigenvalue weighted by Gasteiger charge is -2.27. The second-order valence-electron chi connectivity index (χ2n) is 8.45. The van der Waals surface area contributed by atoms with Crippen LogP contribution in [0.4, 0.5) is 23.3 Å². The Hall–Kier alpha value is -2.98. The number of carbonyl (C=O) groups is 1. The highest BCUT2D eigenvalue weighted by Gasteiger charge is 2.25. The van der Waals surface area contributed by atoms with Crippen molar-refractivity contribution in [1.82, 2.24) is 30.4 Å². The zero-order chi connectivity index (χ0) is 22.6. The SMILES string of the molecule is O=C(CCc1ccc(Nc2ncc(Br)c(Nc3cc(C4CC4)[nH]n3)n2)cc1)N1CCNCC1. The maximum atomic E-state index is 12.4. The molecule has 0 spiro atoms. The molecular formula is C23H27BrN8O. The van der Waals surface area contributed by atoms with E-state index in [-0.39, 0.29) is 5.91 Å². The average Bonchev–Trinajstić information content (AvgIpc) is 3.60. The van der Waals surface area contributed by atoms with E-state index >= 15 is 0 Å². The van der Waals surface area contributed by atoms with Gasteiger partial charge in [-0.05, 0) is 52.9 Å². The monoisotopic (exact) mass is 510 g/mol. The van der Waals surface area contributed by atoms with Crippen LogP contribution in [0.25, 0.3) is 0 Å². The summed E-state index contributed by atoms with van der Waals surface area (Å²) < 4.78 is 0.758. The highest BCUT2D eigenvalue weighted by atomic mass is 79.9. The standard InChI is InChI=1S/C23H27BrN8O/c24-18-14-26-23(29-22(18)28-20-13-19(30-31-20)16-4-5-16)27-17-6-1-15(2-7-17)3-8-21(33)32-11-9-25-10-12-32/h1-2,6-7,13-14,16,25H,3-5,8-12H2,(H3,26,27,28,29,30,31). The second-order valence-corrected chi connectivity index (χ2v) is 9.31. The third-order valence-electron chi connectivity index (χ3n) is 5.91. The van der Waals surface area contributed by atoms with Crippen molar-refractivity contribution in [2.24, 2.45) is 0 Å². The minimum Gasteiger partial charge on any atom is -0.340 e. The number of hydrogen-bond acceptors (Lipinski definition) is 7. The van der Waals surface area contributed by atoms with E-state index < -0.39 is 0 Å². The number of aromatic amines is 1. The number of amides is 1. The molecule has 1 amide bonds. The summed E-state index contributed by atoms with van der Waals surface area (Å²) in [6, 6.07) is 10.1. The van der Waals surface area contributed by atoms with Gasteiger partial charge in [-0.3, -0.25) is 9.89 Å². The molecule has 2 aliphatic rings. The molecule has 5 rings (SSSR count). The number of halogens is 1. The van der Waals surface area contributed by atoms with Crippen molar-refractivity contribution >= 4 is 45.1 Å². The lowest BCUT2D eigenvalue weighted by atomic mass is 10.1. The van der Waals surface area contributed by atoms with Gasteiger partial charge in [-0.2, -0.15) is 10.1 Å². The van der Waals surface area contributed by atoms with Gasteiger partial charge in [-0.25, -0.2) is 4.98 Å². The fourth-order valence-corrected chi connectivity index (χ4v) is 4.14. The number of aryl methyl sites for hydroxylation is 1. The molecule has 0 unspecified atom stereocenters. The fraction of sp³-hybridized carbons (Fsp3) is 0.391. The van der Waals surface area contributed by atoms with Crippen molar-refractivity contribution in [2.45, 2.75) is 31.6 Å². The Bertz CT molecular complexity index is 1110. The van der Waals surface area contributed by atoms with Crippen LogP contribution < -0.4 is 16.0 Å². The smallest absolute Gasteiger partial charge is 0.229 e. The minimum absolute atomic E-state index is 0.225. The number of rotatable bonds is 8. The van der Waals surface area contributed by atoms with E-state index in [2.05, 4.69) is 52.0 Å². The Kier molecular flexibility index (Phi) is 6.54. The van der Waals surface area contributed by atoms with Crippen molar-refractivity contribution < 1.29 is 4.79 Å². The van der Waals surface area contributed by atoms with Crippen LogP contribution in [0.5, 0.6) is 0 Å². The van der Waals surface area contributed by atoms with Crippen LogP contribution >= 0.6 is 15.9 Å². The molecule has 3 aromatic rings. The van der Waals surface area contributed by atoms with Crippen LogP contribution in [0.1, 0.15) is 36.4 Å². The van der Waals surface area contributed by atoms with Crippen molar-refractivity contribution in [3.05, 3.63) is 52.3 Å². The first-order valence-corrected chi connectivity index (χ1v) is 12.1. The number of piperazine rings is 1. The van der Waals surface area contributed by atoms with E-state index in [9.17, 15) is 4.79 Å². The first kappa shape index (κ1) is 21.8. The van der Waals surface area contributed by atoms with Gasteiger partial charge in [0.25, 0.3) is 0 Å². The van der Waals surface area contributed by atoms with E-state index in [4.69, 9.17) is 0 Å². The van der Waals surface area contributed by atoms with E-state index in [1.165, 1.54) is 12.8 Å². The van der Waals surface area contributed by atoms with Gasteiger partial charge in [0.05, 0.1) is 4.47 Å². The van der Waals surface area contributed by atoms with Crippen LogP contribution in [0.15, 0.2) is 41.0 Å². The highest BCUT2D eigenvalue weighted by Crippen LogP contribution is 2.39. The summed E-state index contributed by atoms with van der Waals surface area (Å²) in [6.45, 7) is 3.36. The Balaban J connectivity index is 1.17. The van der Waals surface area contributed by atoms with Gasteiger partial charge in [-0.15, -0.1) is 0 Å². The Morgan fingerprint density at radius 2 is 1.94 bits per heavy atom. The number of aromatic nitrogens is 4. The lowest BCUT2D eigenvalue weighted by Crippen LogP contribution is -2.46. The number of carbonyl (C=O) groups excluding carboxylic acids is 1. The quantitative estimate of drug-likeness (QED) is 0.365. The number of H-pyrrole nitrogens is 1. The van der Waals surface area contributed by atoms with Crippen molar-refractivity contribution in [3.8, 4) is 0 Å². The first-order valence-electron chi connectivity index (χ1n) is 11.3. The Morgan fingerprint density at radius 3 is 2.70 bits per heavy atom. The number of nitrogens with zero attached hydrogens (tertiary/aromatic N) is 4. The van der Waals surface area contributed by atoms with Gasteiger partial charge >= 0.3 is 0 Å². The van der Waals surface area contributed by atoms with Crippen LogP contribution in [0.2, 0.25) is 0 Å². The minimum atomic E-state index is 0.225. The van der Waals surface area contributed by atoms with Gasteiger partial charge in [0, 0.05) is 62.2 Å². The highest BCUT2D eigenvalue weighted by molar-refractivity contribution is 9.10. The van der Waals surface area contributed by atoms with Gasteiger partial charge in [-0.1, -0.05) is 12.1 Å². The van der Waals surface area contributed by atoms with Crippen molar-refractivity contribution in [1.29, 1.82) is 0 Å². The summed E-state index contributed by atoms with van der Waals surface area (Å²) in [4.78, 5) is 23.2. The zero-order valence-electron chi connectivity index (χ0n) is 18.3. The summed E-state index contributed by atoms with van der Waals surface area (Å²) in [5.74, 6) is 2.71.